The lowest BCUT2D eigenvalue weighted by molar-refractivity contribution is 0.0997. The maximum atomic E-state index is 13.1. The van der Waals surface area contributed by atoms with Gasteiger partial charge in [-0.1, -0.05) is 35.9 Å². The van der Waals surface area contributed by atoms with E-state index in [2.05, 4.69) is 27.0 Å². The normalized spacial score (nSPS) is 15.6. The predicted molar refractivity (Wildman–Crippen MR) is 146 cm³/mol. The second kappa shape index (κ2) is 10.2. The lowest BCUT2D eigenvalue weighted by atomic mass is 9.97. The van der Waals surface area contributed by atoms with Crippen molar-refractivity contribution in [3.8, 4) is 16.9 Å². The Morgan fingerprint density at radius 3 is 2.51 bits per heavy atom. The van der Waals surface area contributed by atoms with E-state index in [1.165, 1.54) is 5.69 Å². The number of nitrogens with zero attached hydrogens (tertiary/aromatic N) is 4. The second-order valence-electron chi connectivity index (χ2n) is 9.53. The van der Waals surface area contributed by atoms with Crippen molar-refractivity contribution < 1.29 is 9.53 Å². The highest BCUT2D eigenvalue weighted by molar-refractivity contribution is 6.35. The van der Waals surface area contributed by atoms with Crippen LogP contribution in [0.25, 0.3) is 11.1 Å². The van der Waals surface area contributed by atoms with E-state index in [1.54, 1.807) is 17.2 Å². The number of anilines is 2. The zero-order valence-electron chi connectivity index (χ0n) is 20.4. The van der Waals surface area contributed by atoms with Crippen molar-refractivity contribution in [3.05, 3.63) is 102 Å². The number of pyridine rings is 2. The van der Waals surface area contributed by atoms with Gasteiger partial charge in [0.1, 0.15) is 5.75 Å². The fourth-order valence-corrected chi connectivity index (χ4v) is 5.49. The smallest absolute Gasteiger partial charge is 0.260 e. The topological polar surface area (TPSA) is 58.6 Å². The van der Waals surface area contributed by atoms with Crippen LogP contribution in [-0.2, 0) is 6.54 Å². The molecule has 6 nitrogen and oxygen atoms in total. The maximum Gasteiger partial charge on any atom is 0.260 e. The molecule has 0 bridgehead atoms. The summed E-state index contributed by atoms with van der Waals surface area (Å²) in [5.41, 5.74) is 5.47. The Balaban J connectivity index is 1.15. The molecule has 1 saturated heterocycles. The summed E-state index contributed by atoms with van der Waals surface area (Å²) < 4.78 is 6.36. The van der Waals surface area contributed by atoms with Gasteiger partial charge in [-0.3, -0.25) is 14.8 Å². The van der Waals surface area contributed by atoms with Crippen molar-refractivity contribution in [1.29, 1.82) is 0 Å². The number of hydrogen-bond acceptors (Lipinski definition) is 5. The van der Waals surface area contributed by atoms with E-state index in [4.69, 9.17) is 16.3 Å². The third-order valence-electron chi connectivity index (χ3n) is 7.25. The zero-order chi connectivity index (χ0) is 25.2. The fourth-order valence-electron chi connectivity index (χ4n) is 5.21. The summed E-state index contributed by atoms with van der Waals surface area (Å²) in [7, 11) is 0. The molecule has 4 heterocycles. The van der Waals surface area contributed by atoms with Crippen molar-refractivity contribution in [2.45, 2.75) is 19.4 Å². The third-order valence-corrected chi connectivity index (χ3v) is 7.57. The first-order chi connectivity index (χ1) is 18.2. The van der Waals surface area contributed by atoms with Crippen molar-refractivity contribution in [2.75, 3.05) is 29.5 Å². The average molecular weight is 511 g/mol. The van der Waals surface area contributed by atoms with Gasteiger partial charge in [0.25, 0.3) is 5.91 Å². The van der Waals surface area contributed by atoms with Crippen LogP contribution in [0.1, 0.15) is 28.8 Å². The molecular weight excluding hydrogens is 484 g/mol. The minimum absolute atomic E-state index is 0.0708. The van der Waals surface area contributed by atoms with Crippen molar-refractivity contribution in [2.24, 2.45) is 5.92 Å². The van der Waals surface area contributed by atoms with E-state index in [1.807, 2.05) is 61.1 Å². The van der Waals surface area contributed by atoms with E-state index >= 15 is 0 Å². The first-order valence-electron chi connectivity index (χ1n) is 12.6. The molecule has 186 valence electrons. The molecular formula is C30H27ClN4O2. The van der Waals surface area contributed by atoms with Crippen LogP contribution in [0.4, 0.5) is 11.4 Å². The molecule has 4 aromatic rings. The number of rotatable bonds is 6. The number of amides is 1. The number of ether oxygens (including phenoxy) is 1. The summed E-state index contributed by atoms with van der Waals surface area (Å²) >= 11 is 6.33. The minimum atomic E-state index is -0.0708. The van der Waals surface area contributed by atoms with Crippen LogP contribution in [0, 0.1) is 5.92 Å². The number of piperidine rings is 1. The molecule has 0 unspecified atom stereocenters. The van der Waals surface area contributed by atoms with Crippen LogP contribution in [-0.4, -0.2) is 35.6 Å². The Hall–Kier alpha value is -3.90. The molecule has 0 aliphatic carbocycles. The number of fused-ring (bicyclic) bond motifs is 1. The molecule has 2 aromatic heterocycles. The Kier molecular flexibility index (Phi) is 6.49. The van der Waals surface area contributed by atoms with Gasteiger partial charge in [0, 0.05) is 54.8 Å². The van der Waals surface area contributed by atoms with E-state index in [9.17, 15) is 4.79 Å². The molecule has 0 saturated carbocycles. The SMILES string of the molecule is O=C1c2c(Cl)cccc2CN1c1cccc(-c2cnccc2OCC2CCN(c3ccncc3)CC2)c1. The number of carbonyl (C=O) groups is 1. The minimum Gasteiger partial charge on any atom is -0.493 e. The third kappa shape index (κ3) is 4.77. The van der Waals surface area contributed by atoms with Crippen molar-refractivity contribution >= 4 is 28.9 Å². The van der Waals surface area contributed by atoms with Crippen LogP contribution in [0.3, 0.4) is 0 Å². The highest BCUT2D eigenvalue weighted by atomic mass is 35.5. The number of halogens is 1. The van der Waals surface area contributed by atoms with Gasteiger partial charge >= 0.3 is 0 Å². The maximum absolute atomic E-state index is 13.1. The first-order valence-corrected chi connectivity index (χ1v) is 13.0. The first kappa shape index (κ1) is 23.5. The molecule has 0 spiro atoms. The van der Waals surface area contributed by atoms with E-state index in [0.29, 0.717) is 29.7 Å². The summed E-state index contributed by atoms with van der Waals surface area (Å²) in [5, 5.41) is 0.496. The lowest BCUT2D eigenvalue weighted by Gasteiger charge is -2.33. The summed E-state index contributed by atoms with van der Waals surface area (Å²) in [6, 6.07) is 19.6. The Morgan fingerprint density at radius 1 is 0.919 bits per heavy atom. The summed E-state index contributed by atoms with van der Waals surface area (Å²) in [6.45, 7) is 3.20. The molecule has 2 aliphatic rings. The molecule has 37 heavy (non-hydrogen) atoms. The number of hydrogen-bond donors (Lipinski definition) is 0. The second-order valence-corrected chi connectivity index (χ2v) is 9.94. The molecule has 1 amide bonds. The van der Waals surface area contributed by atoms with Gasteiger partial charge in [0.2, 0.25) is 0 Å². The highest BCUT2D eigenvalue weighted by Gasteiger charge is 2.30. The molecule has 1 fully saturated rings. The van der Waals surface area contributed by atoms with Crippen molar-refractivity contribution in [1.82, 2.24) is 9.97 Å². The predicted octanol–water partition coefficient (Wildman–Crippen LogP) is 6.25. The van der Waals surface area contributed by atoms with Gasteiger partial charge in [-0.05, 0) is 66.3 Å². The molecule has 2 aromatic carbocycles. The van der Waals surface area contributed by atoms with E-state index in [0.717, 1.165) is 54.1 Å². The summed E-state index contributed by atoms with van der Waals surface area (Å²) in [6.07, 6.45) is 9.45. The van der Waals surface area contributed by atoms with Crippen LogP contribution in [0.15, 0.2) is 85.5 Å². The Morgan fingerprint density at radius 2 is 1.70 bits per heavy atom. The molecule has 0 radical (unpaired) electrons. The number of carbonyl (C=O) groups excluding carboxylic acids is 1. The molecule has 2 aliphatic heterocycles. The van der Waals surface area contributed by atoms with Gasteiger partial charge < -0.3 is 14.5 Å². The van der Waals surface area contributed by atoms with Gasteiger partial charge in [0.15, 0.2) is 0 Å². The quantitative estimate of drug-likeness (QED) is 0.307. The Labute approximate surface area is 221 Å². The van der Waals surface area contributed by atoms with Crippen LogP contribution in [0.5, 0.6) is 5.75 Å². The van der Waals surface area contributed by atoms with Crippen LogP contribution >= 0.6 is 11.6 Å². The number of aromatic nitrogens is 2. The van der Waals surface area contributed by atoms with E-state index in [-0.39, 0.29) is 5.91 Å². The summed E-state index contributed by atoms with van der Waals surface area (Å²) in [5.74, 6) is 1.23. The van der Waals surface area contributed by atoms with Gasteiger partial charge in [-0.25, -0.2) is 0 Å². The van der Waals surface area contributed by atoms with Gasteiger partial charge in [-0.2, -0.15) is 0 Å². The number of benzene rings is 2. The van der Waals surface area contributed by atoms with Gasteiger partial charge in [0.05, 0.1) is 23.7 Å². The molecule has 0 N–H and O–H groups in total. The summed E-state index contributed by atoms with van der Waals surface area (Å²) in [4.78, 5) is 25.8. The molecule has 6 rings (SSSR count). The van der Waals surface area contributed by atoms with Crippen LogP contribution < -0.4 is 14.5 Å². The monoisotopic (exact) mass is 510 g/mol. The molecule has 7 heteroatoms. The lowest BCUT2D eigenvalue weighted by Crippen LogP contribution is -2.35. The average Bonchev–Trinajstić information content (AvgIpc) is 3.30. The van der Waals surface area contributed by atoms with Crippen molar-refractivity contribution in [3.63, 3.8) is 0 Å². The fraction of sp³-hybridized carbons (Fsp3) is 0.233. The molecule has 0 atom stereocenters. The zero-order valence-corrected chi connectivity index (χ0v) is 21.1. The van der Waals surface area contributed by atoms with Crippen LogP contribution in [0.2, 0.25) is 5.02 Å². The van der Waals surface area contributed by atoms with E-state index < -0.39 is 0 Å². The largest absolute Gasteiger partial charge is 0.493 e. The van der Waals surface area contributed by atoms with Gasteiger partial charge in [-0.15, -0.1) is 0 Å². The Bertz CT molecular complexity index is 1420. The standard InChI is InChI=1S/C30H27ClN4O2/c31-27-6-2-4-23-19-35(30(36)29(23)27)25-5-1-3-22(17-25)26-18-33-14-9-28(26)37-20-21-10-15-34(16-11-21)24-7-12-32-13-8-24/h1-9,12-14,17-18,21H,10-11,15-16,19-20H2. The highest BCUT2D eigenvalue weighted by Crippen LogP contribution is 2.36.